The van der Waals surface area contributed by atoms with E-state index in [-0.39, 0.29) is 36.2 Å². The number of carbonyl (C=O) groups is 3. The summed E-state index contributed by atoms with van der Waals surface area (Å²) in [7, 11) is 0. The normalized spacial score (nSPS) is 33.2. The molecule has 0 aromatic heterocycles. The summed E-state index contributed by atoms with van der Waals surface area (Å²) < 4.78 is 39.0. The molecule has 3 aliphatic carbocycles. The molecule has 2 heterocycles. The molecule has 6 rings (SSSR count). The molecule has 0 spiro atoms. The SMILES string of the molecule is O=C1CCC(N2Cc3c(NC4(CCC5CC5)CCC(N[C@H]5C[C@@H]5C(F)(F)F)CC4)cccc3C2=O)C(=O)N1. The van der Waals surface area contributed by atoms with Gasteiger partial charge in [0.05, 0.1) is 5.92 Å². The zero-order chi connectivity index (χ0) is 26.7. The van der Waals surface area contributed by atoms with E-state index in [0.29, 0.717) is 18.5 Å². The highest BCUT2D eigenvalue weighted by molar-refractivity contribution is 6.06. The molecule has 3 amide bonds. The largest absolute Gasteiger partial charge is 0.393 e. The van der Waals surface area contributed by atoms with E-state index in [2.05, 4.69) is 16.0 Å². The molecule has 4 fully saturated rings. The van der Waals surface area contributed by atoms with Crippen LogP contribution in [0.25, 0.3) is 0 Å². The third-order valence-corrected chi connectivity index (χ3v) is 9.31. The second kappa shape index (κ2) is 9.54. The quantitative estimate of drug-likeness (QED) is 0.435. The van der Waals surface area contributed by atoms with Gasteiger partial charge < -0.3 is 15.5 Å². The average molecular weight is 533 g/mol. The van der Waals surface area contributed by atoms with Gasteiger partial charge in [0.25, 0.3) is 5.91 Å². The van der Waals surface area contributed by atoms with Gasteiger partial charge in [-0.1, -0.05) is 18.9 Å². The van der Waals surface area contributed by atoms with Gasteiger partial charge in [-0.05, 0) is 69.4 Å². The standard InChI is InChI=1S/C28H35F3N4O3/c29-28(30,31)20-14-22(20)32-17-9-12-27(13-10-17,11-8-16-4-5-16)34-21-3-1-2-18-19(21)15-35(26(18)38)23-6-7-24(36)33-25(23)37/h1-3,16-17,20,22-23,32,34H,4-15H2,(H,33,36,37)/t17?,20-,22-,23?,27?/m0/s1. The summed E-state index contributed by atoms with van der Waals surface area (Å²) in [5.41, 5.74) is 2.18. The zero-order valence-electron chi connectivity index (χ0n) is 21.4. The second-order valence-electron chi connectivity index (χ2n) is 12.1. The minimum atomic E-state index is -4.12. The molecule has 206 valence electrons. The molecule has 0 radical (unpaired) electrons. The molecule has 3 N–H and O–H groups in total. The topological polar surface area (TPSA) is 90.5 Å². The molecule has 7 nitrogen and oxygen atoms in total. The zero-order valence-corrected chi connectivity index (χ0v) is 21.4. The van der Waals surface area contributed by atoms with Crippen LogP contribution in [-0.4, -0.2) is 52.5 Å². The highest BCUT2D eigenvalue weighted by Crippen LogP contribution is 2.47. The van der Waals surface area contributed by atoms with Crippen molar-refractivity contribution in [1.29, 1.82) is 0 Å². The molecular formula is C28H35F3N4O3. The molecule has 2 aliphatic heterocycles. The number of alkyl halides is 3. The van der Waals surface area contributed by atoms with E-state index in [9.17, 15) is 27.6 Å². The summed E-state index contributed by atoms with van der Waals surface area (Å²) in [6.45, 7) is 0.313. The lowest BCUT2D eigenvalue weighted by molar-refractivity contribution is -0.149. The molecule has 5 aliphatic rings. The third kappa shape index (κ3) is 5.16. The Hall–Kier alpha value is -2.62. The Morgan fingerprint density at radius 1 is 1.05 bits per heavy atom. The first-order valence-corrected chi connectivity index (χ1v) is 14.0. The molecule has 1 unspecified atom stereocenters. The summed E-state index contributed by atoms with van der Waals surface area (Å²) in [6, 6.07) is 4.62. The van der Waals surface area contributed by atoms with E-state index < -0.39 is 30.1 Å². The lowest BCUT2D eigenvalue weighted by Gasteiger charge is -2.43. The molecule has 0 bridgehead atoms. The Balaban J connectivity index is 1.15. The van der Waals surface area contributed by atoms with E-state index in [0.717, 1.165) is 55.7 Å². The van der Waals surface area contributed by atoms with Crippen LogP contribution in [0.5, 0.6) is 0 Å². The van der Waals surface area contributed by atoms with E-state index in [1.807, 2.05) is 12.1 Å². The molecule has 1 aromatic rings. The number of fused-ring (bicyclic) bond motifs is 1. The number of anilines is 1. The van der Waals surface area contributed by atoms with E-state index in [4.69, 9.17) is 0 Å². The Labute approximate surface area is 220 Å². The fourth-order valence-corrected chi connectivity index (χ4v) is 6.69. The predicted molar refractivity (Wildman–Crippen MR) is 134 cm³/mol. The molecule has 3 saturated carbocycles. The highest BCUT2D eigenvalue weighted by Gasteiger charge is 2.56. The van der Waals surface area contributed by atoms with Gasteiger partial charge >= 0.3 is 6.18 Å². The van der Waals surface area contributed by atoms with Crippen LogP contribution < -0.4 is 16.0 Å². The molecule has 3 atom stereocenters. The summed E-state index contributed by atoms with van der Waals surface area (Å²) in [5.74, 6) is -1.38. The number of carbonyl (C=O) groups excluding carboxylic acids is 3. The van der Waals surface area contributed by atoms with Crippen molar-refractivity contribution in [2.45, 2.75) is 107 Å². The van der Waals surface area contributed by atoms with Crippen LogP contribution in [0.1, 0.15) is 86.6 Å². The maximum absolute atomic E-state index is 13.3. The van der Waals surface area contributed by atoms with Crippen LogP contribution in [0.3, 0.4) is 0 Å². The van der Waals surface area contributed by atoms with Gasteiger partial charge in [0.2, 0.25) is 11.8 Å². The number of nitrogens with one attached hydrogen (secondary N) is 3. The van der Waals surface area contributed by atoms with Crippen LogP contribution in [0.2, 0.25) is 0 Å². The molecular weight excluding hydrogens is 497 g/mol. The number of halogens is 3. The Morgan fingerprint density at radius 3 is 2.47 bits per heavy atom. The summed E-state index contributed by atoms with van der Waals surface area (Å²) in [4.78, 5) is 38.9. The van der Waals surface area contributed by atoms with Gasteiger partial charge in [0.15, 0.2) is 0 Å². The number of benzene rings is 1. The smallest absolute Gasteiger partial charge is 0.379 e. The van der Waals surface area contributed by atoms with Crippen LogP contribution in [0, 0.1) is 11.8 Å². The van der Waals surface area contributed by atoms with Crippen molar-refractivity contribution in [3.8, 4) is 0 Å². The van der Waals surface area contributed by atoms with Crippen LogP contribution >= 0.6 is 0 Å². The van der Waals surface area contributed by atoms with Gasteiger partial charge in [-0.15, -0.1) is 0 Å². The molecule has 1 aromatic carbocycles. The van der Waals surface area contributed by atoms with Crippen molar-refractivity contribution in [2.24, 2.45) is 11.8 Å². The van der Waals surface area contributed by atoms with Gasteiger partial charge in [-0.3, -0.25) is 19.7 Å². The van der Waals surface area contributed by atoms with E-state index >= 15 is 0 Å². The van der Waals surface area contributed by atoms with Gasteiger partial charge in [-0.2, -0.15) is 13.2 Å². The first-order valence-electron chi connectivity index (χ1n) is 14.0. The lowest BCUT2D eigenvalue weighted by atomic mass is 9.75. The molecule has 10 heteroatoms. The fraction of sp³-hybridized carbons (Fsp3) is 0.679. The van der Waals surface area contributed by atoms with Crippen molar-refractivity contribution in [1.82, 2.24) is 15.5 Å². The van der Waals surface area contributed by atoms with Crippen molar-refractivity contribution >= 4 is 23.4 Å². The summed E-state index contributed by atoms with van der Waals surface area (Å²) in [5, 5.41) is 9.44. The van der Waals surface area contributed by atoms with Crippen molar-refractivity contribution in [3.05, 3.63) is 29.3 Å². The fourth-order valence-electron chi connectivity index (χ4n) is 6.69. The number of hydrogen-bond donors (Lipinski definition) is 3. The number of piperidine rings is 1. The first-order chi connectivity index (χ1) is 18.1. The highest BCUT2D eigenvalue weighted by atomic mass is 19.4. The predicted octanol–water partition coefficient (Wildman–Crippen LogP) is 4.27. The molecule has 38 heavy (non-hydrogen) atoms. The molecule has 1 saturated heterocycles. The first kappa shape index (κ1) is 25.6. The minimum absolute atomic E-state index is 0.0919. The number of imide groups is 1. The third-order valence-electron chi connectivity index (χ3n) is 9.31. The van der Waals surface area contributed by atoms with E-state index in [1.165, 1.54) is 12.8 Å². The van der Waals surface area contributed by atoms with Crippen molar-refractivity contribution in [2.75, 3.05) is 5.32 Å². The summed E-state index contributed by atoms with van der Waals surface area (Å²) in [6.07, 6.45) is 4.58. The number of hydrogen-bond acceptors (Lipinski definition) is 5. The van der Waals surface area contributed by atoms with Crippen molar-refractivity contribution in [3.63, 3.8) is 0 Å². The minimum Gasteiger partial charge on any atom is -0.379 e. The second-order valence-corrected chi connectivity index (χ2v) is 12.1. The Morgan fingerprint density at radius 2 is 1.82 bits per heavy atom. The van der Waals surface area contributed by atoms with Crippen LogP contribution in [0.4, 0.5) is 18.9 Å². The van der Waals surface area contributed by atoms with Crippen LogP contribution in [-0.2, 0) is 16.1 Å². The maximum atomic E-state index is 13.3. The number of nitrogens with zero attached hydrogens (tertiary/aromatic N) is 1. The lowest BCUT2D eigenvalue weighted by Crippen LogP contribution is -2.52. The summed E-state index contributed by atoms with van der Waals surface area (Å²) >= 11 is 0. The maximum Gasteiger partial charge on any atom is 0.393 e. The van der Waals surface area contributed by atoms with Gasteiger partial charge in [0, 0.05) is 47.4 Å². The monoisotopic (exact) mass is 532 g/mol. The number of amides is 3. The van der Waals surface area contributed by atoms with Gasteiger partial charge in [0.1, 0.15) is 6.04 Å². The van der Waals surface area contributed by atoms with Gasteiger partial charge in [-0.25, -0.2) is 0 Å². The van der Waals surface area contributed by atoms with Crippen molar-refractivity contribution < 1.29 is 27.6 Å². The average Bonchev–Trinajstić information content (AvgIpc) is 3.79. The number of rotatable bonds is 8. The Bertz CT molecular complexity index is 1130. The van der Waals surface area contributed by atoms with E-state index in [1.54, 1.807) is 11.0 Å². The Kier molecular flexibility index (Phi) is 6.44. The van der Waals surface area contributed by atoms with Crippen LogP contribution in [0.15, 0.2) is 18.2 Å².